The second-order valence-electron chi connectivity index (χ2n) is 10.8. The molecular weight excluding hydrogens is 488 g/mol. The van der Waals surface area contributed by atoms with E-state index in [1.165, 1.54) is 5.56 Å². The van der Waals surface area contributed by atoms with Crippen LogP contribution >= 0.6 is 0 Å². The molecule has 196 valence electrons. The fourth-order valence-corrected chi connectivity index (χ4v) is 4.88. The van der Waals surface area contributed by atoms with Crippen molar-refractivity contribution in [3.05, 3.63) is 90.8 Å². The molecule has 2 aromatic carbocycles. The van der Waals surface area contributed by atoms with Crippen LogP contribution in [0.3, 0.4) is 0 Å². The Morgan fingerprint density at radius 1 is 0.949 bits per heavy atom. The SMILES string of the molecule is CC(C)(C)OC(=O)N1CC(c2ccc(-n3c(-c4cccnc4N)nc4ccc(-c5ccccn5)cc43)cc2)C1. The van der Waals surface area contributed by atoms with E-state index in [9.17, 15) is 4.79 Å². The summed E-state index contributed by atoms with van der Waals surface area (Å²) in [6.07, 6.45) is 3.21. The second kappa shape index (κ2) is 9.54. The Kier molecular flexibility index (Phi) is 6.02. The summed E-state index contributed by atoms with van der Waals surface area (Å²) < 4.78 is 7.62. The number of carbonyl (C=O) groups is 1. The third-order valence-electron chi connectivity index (χ3n) is 6.85. The molecule has 0 radical (unpaired) electrons. The van der Waals surface area contributed by atoms with Gasteiger partial charge in [-0.05, 0) is 74.9 Å². The van der Waals surface area contributed by atoms with Gasteiger partial charge in [-0.15, -0.1) is 0 Å². The number of hydrogen-bond donors (Lipinski definition) is 1. The molecule has 1 saturated heterocycles. The van der Waals surface area contributed by atoms with Gasteiger partial charge in [0.15, 0.2) is 0 Å². The highest BCUT2D eigenvalue weighted by Gasteiger charge is 2.34. The van der Waals surface area contributed by atoms with E-state index in [1.54, 1.807) is 17.3 Å². The number of ether oxygens (including phenoxy) is 1. The van der Waals surface area contributed by atoms with E-state index in [0.29, 0.717) is 18.9 Å². The average molecular weight is 519 g/mol. The lowest BCUT2D eigenvalue weighted by atomic mass is 9.92. The lowest BCUT2D eigenvalue weighted by molar-refractivity contribution is 0.00819. The van der Waals surface area contributed by atoms with E-state index in [2.05, 4.69) is 44.9 Å². The summed E-state index contributed by atoms with van der Waals surface area (Å²) in [6.45, 7) is 6.94. The zero-order valence-corrected chi connectivity index (χ0v) is 22.2. The molecule has 0 spiro atoms. The standard InChI is InChI=1S/C31H30N6O2/c1-31(2,3)39-30(38)36-18-22(19-36)20-9-12-23(13-10-20)37-27-17-21(25-8-4-5-15-33-25)11-14-26(27)35-29(37)24-7-6-16-34-28(24)32/h4-17,22H,18-19H2,1-3H3,(H2,32,34). The van der Waals surface area contributed by atoms with Gasteiger partial charge in [-0.1, -0.05) is 24.3 Å². The van der Waals surface area contributed by atoms with Gasteiger partial charge in [0.2, 0.25) is 0 Å². The van der Waals surface area contributed by atoms with Crippen molar-refractivity contribution in [2.75, 3.05) is 18.8 Å². The molecule has 1 aliphatic rings. The van der Waals surface area contributed by atoms with Gasteiger partial charge < -0.3 is 15.4 Å². The molecular formula is C31H30N6O2. The molecule has 3 aromatic heterocycles. The van der Waals surface area contributed by atoms with Crippen molar-refractivity contribution in [2.24, 2.45) is 0 Å². The van der Waals surface area contributed by atoms with E-state index < -0.39 is 5.60 Å². The molecule has 39 heavy (non-hydrogen) atoms. The average Bonchev–Trinajstić information content (AvgIpc) is 3.26. The minimum Gasteiger partial charge on any atom is -0.444 e. The smallest absolute Gasteiger partial charge is 0.410 e. The number of benzene rings is 2. The van der Waals surface area contributed by atoms with E-state index in [-0.39, 0.29) is 12.0 Å². The molecule has 6 rings (SSSR count). The molecule has 8 heteroatoms. The fraction of sp³-hybridized carbons (Fsp3) is 0.226. The van der Waals surface area contributed by atoms with E-state index in [4.69, 9.17) is 15.5 Å². The molecule has 1 aliphatic heterocycles. The van der Waals surface area contributed by atoms with Gasteiger partial charge in [0.05, 0.1) is 22.3 Å². The maximum atomic E-state index is 12.4. The number of nitrogens with zero attached hydrogens (tertiary/aromatic N) is 5. The minimum atomic E-state index is -0.497. The molecule has 4 heterocycles. The molecule has 1 fully saturated rings. The number of carbonyl (C=O) groups excluding carboxylic acids is 1. The number of nitrogen functional groups attached to an aromatic ring is 1. The summed E-state index contributed by atoms with van der Waals surface area (Å²) in [5, 5.41) is 0. The van der Waals surface area contributed by atoms with Crippen molar-refractivity contribution in [2.45, 2.75) is 32.3 Å². The van der Waals surface area contributed by atoms with Gasteiger partial charge in [-0.2, -0.15) is 0 Å². The predicted octanol–water partition coefficient (Wildman–Crippen LogP) is 6.07. The van der Waals surface area contributed by atoms with Gasteiger partial charge in [-0.25, -0.2) is 14.8 Å². The number of pyridine rings is 2. The van der Waals surface area contributed by atoms with Crippen LogP contribution in [0, 0.1) is 0 Å². The van der Waals surface area contributed by atoms with Crippen LogP contribution < -0.4 is 5.73 Å². The summed E-state index contributed by atoms with van der Waals surface area (Å²) in [5.74, 6) is 1.42. The van der Waals surface area contributed by atoms with Crippen LogP contribution in [0.4, 0.5) is 10.6 Å². The highest BCUT2D eigenvalue weighted by atomic mass is 16.6. The maximum absolute atomic E-state index is 12.4. The Morgan fingerprint density at radius 2 is 1.72 bits per heavy atom. The maximum Gasteiger partial charge on any atom is 0.410 e. The normalized spacial score (nSPS) is 13.9. The van der Waals surface area contributed by atoms with Crippen molar-refractivity contribution in [3.8, 4) is 28.3 Å². The molecule has 2 N–H and O–H groups in total. The molecule has 0 unspecified atom stereocenters. The number of amides is 1. The predicted molar refractivity (Wildman–Crippen MR) is 152 cm³/mol. The fourth-order valence-electron chi connectivity index (χ4n) is 4.88. The van der Waals surface area contributed by atoms with Crippen LogP contribution in [0.1, 0.15) is 32.3 Å². The molecule has 0 saturated carbocycles. The van der Waals surface area contributed by atoms with Gasteiger partial charge in [0, 0.05) is 42.7 Å². The van der Waals surface area contributed by atoms with Gasteiger partial charge in [0.1, 0.15) is 17.2 Å². The van der Waals surface area contributed by atoms with Gasteiger partial charge in [-0.3, -0.25) is 9.55 Å². The summed E-state index contributed by atoms with van der Waals surface area (Å²) >= 11 is 0. The first-order chi connectivity index (χ1) is 18.8. The largest absolute Gasteiger partial charge is 0.444 e. The number of likely N-dealkylation sites (tertiary alicyclic amines) is 1. The first-order valence-electron chi connectivity index (χ1n) is 13.0. The van der Waals surface area contributed by atoms with Crippen LogP contribution in [0.15, 0.2) is 85.2 Å². The minimum absolute atomic E-state index is 0.261. The number of hydrogen-bond acceptors (Lipinski definition) is 6. The Balaban J connectivity index is 1.36. The molecule has 8 nitrogen and oxygen atoms in total. The topological polar surface area (TPSA) is 99.2 Å². The summed E-state index contributed by atoms with van der Waals surface area (Å²) in [5.41, 5.74) is 12.4. The number of imidazole rings is 1. The number of nitrogens with two attached hydrogens (primary N) is 1. The molecule has 1 amide bonds. The third kappa shape index (κ3) is 4.81. The summed E-state index contributed by atoms with van der Waals surface area (Å²) in [4.78, 5) is 27.9. The summed E-state index contributed by atoms with van der Waals surface area (Å²) in [7, 11) is 0. The zero-order valence-electron chi connectivity index (χ0n) is 22.2. The Morgan fingerprint density at radius 3 is 2.41 bits per heavy atom. The highest BCUT2D eigenvalue weighted by Crippen LogP contribution is 2.34. The highest BCUT2D eigenvalue weighted by molar-refractivity contribution is 5.88. The van der Waals surface area contributed by atoms with Crippen molar-refractivity contribution >= 4 is 22.9 Å². The Bertz CT molecular complexity index is 1650. The van der Waals surface area contributed by atoms with E-state index >= 15 is 0 Å². The number of fused-ring (bicyclic) bond motifs is 1. The number of aromatic nitrogens is 4. The van der Waals surface area contributed by atoms with E-state index in [1.807, 2.05) is 63.2 Å². The lowest BCUT2D eigenvalue weighted by Crippen LogP contribution is -2.50. The van der Waals surface area contributed by atoms with Crippen LogP contribution in [0.5, 0.6) is 0 Å². The number of rotatable bonds is 4. The first-order valence-corrected chi connectivity index (χ1v) is 13.0. The lowest BCUT2D eigenvalue weighted by Gasteiger charge is -2.40. The summed E-state index contributed by atoms with van der Waals surface area (Å²) in [6, 6.07) is 24.3. The van der Waals surface area contributed by atoms with Crippen LogP contribution in [-0.2, 0) is 4.74 Å². The van der Waals surface area contributed by atoms with Crippen molar-refractivity contribution < 1.29 is 9.53 Å². The molecule has 0 aliphatic carbocycles. The second-order valence-corrected chi connectivity index (χ2v) is 10.8. The number of anilines is 1. The van der Waals surface area contributed by atoms with Crippen molar-refractivity contribution in [3.63, 3.8) is 0 Å². The van der Waals surface area contributed by atoms with Crippen LogP contribution in [0.2, 0.25) is 0 Å². The van der Waals surface area contributed by atoms with E-state index in [0.717, 1.165) is 39.4 Å². The quantitative estimate of drug-likeness (QED) is 0.310. The zero-order chi connectivity index (χ0) is 27.1. The van der Waals surface area contributed by atoms with Crippen molar-refractivity contribution in [1.29, 1.82) is 0 Å². The monoisotopic (exact) mass is 518 g/mol. The van der Waals surface area contributed by atoms with Crippen LogP contribution in [0.25, 0.3) is 39.4 Å². The van der Waals surface area contributed by atoms with Gasteiger partial charge >= 0.3 is 6.09 Å². The molecule has 5 aromatic rings. The third-order valence-corrected chi connectivity index (χ3v) is 6.85. The Labute approximate surface area is 227 Å². The van der Waals surface area contributed by atoms with Gasteiger partial charge in [0.25, 0.3) is 0 Å². The molecule has 0 bridgehead atoms. The first kappa shape index (κ1) is 24.6. The van der Waals surface area contributed by atoms with Crippen LogP contribution in [-0.4, -0.2) is 49.2 Å². The molecule has 0 atom stereocenters. The Hall–Kier alpha value is -4.72. The van der Waals surface area contributed by atoms with Crippen molar-refractivity contribution in [1.82, 2.24) is 24.4 Å².